The normalized spacial score (nSPS) is 11.5. The summed E-state index contributed by atoms with van der Waals surface area (Å²) in [6.45, 7) is -0.204. The summed E-state index contributed by atoms with van der Waals surface area (Å²) in [4.78, 5) is 21.3. The van der Waals surface area contributed by atoms with Crippen LogP contribution in [-0.2, 0) is 9.53 Å². The predicted molar refractivity (Wildman–Crippen MR) is 73.5 cm³/mol. The van der Waals surface area contributed by atoms with Crippen molar-refractivity contribution in [3.05, 3.63) is 34.4 Å². The van der Waals surface area contributed by atoms with Crippen molar-refractivity contribution in [2.45, 2.75) is 18.9 Å². The van der Waals surface area contributed by atoms with E-state index in [1.807, 2.05) is 0 Å². The number of benzene rings is 1. The van der Waals surface area contributed by atoms with Gasteiger partial charge in [0.25, 0.3) is 0 Å². The third kappa shape index (κ3) is 5.55. The number of methoxy groups -OCH3 is 2. The number of carbonyl (C=O) groups is 1. The van der Waals surface area contributed by atoms with E-state index >= 15 is 0 Å². The number of hydrogen-bond donors (Lipinski definition) is 1. The van der Waals surface area contributed by atoms with E-state index in [0.29, 0.717) is 5.75 Å². The van der Waals surface area contributed by atoms with Crippen LogP contribution in [0.3, 0.4) is 0 Å². The fraction of sp³-hybridized carbons (Fsp3) is 0.462. The van der Waals surface area contributed by atoms with Crippen molar-refractivity contribution in [2.24, 2.45) is 0 Å². The van der Waals surface area contributed by atoms with Gasteiger partial charge in [0.1, 0.15) is 5.75 Å². The summed E-state index contributed by atoms with van der Waals surface area (Å²) in [6, 6.07) is 6.77. The minimum absolute atomic E-state index is 0.0797. The van der Waals surface area contributed by atoms with E-state index < -0.39 is 10.9 Å². The molecule has 0 heterocycles. The molecule has 1 atom stereocenters. The minimum Gasteiger partial charge on any atom is -0.497 e. The summed E-state index contributed by atoms with van der Waals surface area (Å²) in [7, 11) is 2.86. The molecule has 0 saturated heterocycles. The van der Waals surface area contributed by atoms with Gasteiger partial charge in [0.05, 0.1) is 20.6 Å². The van der Waals surface area contributed by atoms with Crippen molar-refractivity contribution in [2.75, 3.05) is 26.1 Å². The van der Waals surface area contributed by atoms with Crippen molar-refractivity contribution in [1.82, 2.24) is 0 Å². The molecule has 0 aliphatic carbocycles. The molecule has 0 saturated carbocycles. The Morgan fingerprint density at radius 3 is 2.50 bits per heavy atom. The van der Waals surface area contributed by atoms with Crippen LogP contribution in [0.15, 0.2) is 24.3 Å². The number of rotatable bonds is 8. The topological polar surface area (TPSA) is 90.7 Å². The van der Waals surface area contributed by atoms with E-state index in [9.17, 15) is 14.9 Å². The van der Waals surface area contributed by atoms with E-state index in [2.05, 4.69) is 10.1 Å². The molecular weight excluding hydrogens is 264 g/mol. The van der Waals surface area contributed by atoms with Gasteiger partial charge in [-0.3, -0.25) is 14.9 Å². The van der Waals surface area contributed by atoms with Crippen LogP contribution in [-0.4, -0.2) is 37.7 Å². The SMILES string of the molecule is COC(=O)C[C@H](CC[N+](=O)[O-])Nc1ccc(OC)cc1. The second kappa shape index (κ2) is 7.98. The molecule has 1 aromatic carbocycles. The lowest BCUT2D eigenvalue weighted by Gasteiger charge is -2.17. The summed E-state index contributed by atoms with van der Waals surface area (Å²) >= 11 is 0. The molecule has 0 aliphatic rings. The van der Waals surface area contributed by atoms with Gasteiger partial charge >= 0.3 is 5.97 Å². The first-order valence-electron chi connectivity index (χ1n) is 6.14. The molecule has 0 spiro atoms. The first kappa shape index (κ1) is 15.7. The van der Waals surface area contributed by atoms with E-state index in [1.54, 1.807) is 31.4 Å². The lowest BCUT2D eigenvalue weighted by Crippen LogP contribution is -2.26. The van der Waals surface area contributed by atoms with Gasteiger partial charge in [-0.1, -0.05) is 0 Å². The highest BCUT2D eigenvalue weighted by molar-refractivity contribution is 5.70. The molecule has 0 amide bonds. The highest BCUT2D eigenvalue weighted by atomic mass is 16.6. The number of anilines is 1. The molecule has 1 N–H and O–H groups in total. The summed E-state index contributed by atoms with van der Waals surface area (Å²) in [5.74, 6) is 0.310. The number of esters is 1. The van der Waals surface area contributed by atoms with Crippen LogP contribution in [0.5, 0.6) is 5.75 Å². The second-order valence-corrected chi connectivity index (χ2v) is 4.20. The summed E-state index contributed by atoms with van der Waals surface area (Å²) in [5.41, 5.74) is 0.767. The zero-order chi connectivity index (χ0) is 15.0. The smallest absolute Gasteiger partial charge is 0.307 e. The number of nitrogens with zero attached hydrogens (tertiary/aromatic N) is 1. The van der Waals surface area contributed by atoms with Crippen LogP contribution in [0.25, 0.3) is 0 Å². The largest absolute Gasteiger partial charge is 0.497 e. The van der Waals surface area contributed by atoms with Crippen molar-refractivity contribution < 1.29 is 19.2 Å². The van der Waals surface area contributed by atoms with E-state index in [0.717, 1.165) is 5.69 Å². The highest BCUT2D eigenvalue weighted by Gasteiger charge is 2.16. The van der Waals surface area contributed by atoms with E-state index in [4.69, 9.17) is 4.74 Å². The molecule has 110 valence electrons. The molecule has 0 aliphatic heterocycles. The minimum atomic E-state index is -0.403. The quantitative estimate of drug-likeness (QED) is 0.443. The van der Waals surface area contributed by atoms with E-state index in [-0.39, 0.29) is 25.4 Å². The summed E-state index contributed by atoms with van der Waals surface area (Å²) < 4.78 is 9.64. The Morgan fingerprint density at radius 2 is 2.00 bits per heavy atom. The number of carbonyl (C=O) groups excluding carboxylic acids is 1. The van der Waals surface area contributed by atoms with Gasteiger partial charge < -0.3 is 14.8 Å². The lowest BCUT2D eigenvalue weighted by atomic mass is 10.1. The Hall–Kier alpha value is -2.31. The van der Waals surface area contributed by atoms with Gasteiger partial charge in [-0.15, -0.1) is 0 Å². The average molecular weight is 282 g/mol. The second-order valence-electron chi connectivity index (χ2n) is 4.20. The van der Waals surface area contributed by atoms with Crippen molar-refractivity contribution in [3.8, 4) is 5.75 Å². The van der Waals surface area contributed by atoms with Crippen molar-refractivity contribution in [3.63, 3.8) is 0 Å². The predicted octanol–water partition coefficient (Wildman–Crippen LogP) is 1.71. The lowest BCUT2D eigenvalue weighted by molar-refractivity contribution is -0.480. The highest BCUT2D eigenvalue weighted by Crippen LogP contribution is 2.17. The van der Waals surface area contributed by atoms with Crippen LogP contribution in [0, 0.1) is 10.1 Å². The standard InChI is InChI=1S/C13H18N2O5/c1-19-12-5-3-10(4-6-12)14-11(7-8-15(17)18)9-13(16)20-2/h3-6,11,14H,7-9H2,1-2H3/t11-/m0/s1. The number of ether oxygens (including phenoxy) is 2. The molecule has 0 unspecified atom stereocenters. The Labute approximate surface area is 117 Å². The maximum absolute atomic E-state index is 11.3. The molecule has 0 fully saturated rings. The Bertz CT molecular complexity index is 447. The van der Waals surface area contributed by atoms with Gasteiger partial charge in [0, 0.05) is 23.1 Å². The number of nitrogens with one attached hydrogen (secondary N) is 1. The van der Waals surface area contributed by atoms with Crippen LogP contribution in [0.2, 0.25) is 0 Å². The van der Waals surface area contributed by atoms with Crippen LogP contribution in [0.4, 0.5) is 5.69 Å². The maximum Gasteiger partial charge on any atom is 0.307 e. The van der Waals surface area contributed by atoms with Crippen LogP contribution < -0.4 is 10.1 Å². The van der Waals surface area contributed by atoms with Gasteiger partial charge in [-0.2, -0.15) is 0 Å². The zero-order valence-corrected chi connectivity index (χ0v) is 11.5. The fourth-order valence-corrected chi connectivity index (χ4v) is 1.69. The Kier molecular flexibility index (Phi) is 6.28. The van der Waals surface area contributed by atoms with Crippen LogP contribution >= 0.6 is 0 Å². The monoisotopic (exact) mass is 282 g/mol. The van der Waals surface area contributed by atoms with Gasteiger partial charge in [-0.05, 0) is 24.3 Å². The molecule has 0 radical (unpaired) electrons. The first-order chi connectivity index (χ1) is 9.55. The fourth-order valence-electron chi connectivity index (χ4n) is 1.69. The van der Waals surface area contributed by atoms with E-state index in [1.165, 1.54) is 7.11 Å². The van der Waals surface area contributed by atoms with Gasteiger partial charge in [0.15, 0.2) is 0 Å². The molecule has 0 bridgehead atoms. The summed E-state index contributed by atoms with van der Waals surface area (Å²) in [5, 5.41) is 13.5. The summed E-state index contributed by atoms with van der Waals surface area (Å²) in [6.07, 6.45) is 0.324. The maximum atomic E-state index is 11.3. The number of hydrogen-bond acceptors (Lipinski definition) is 6. The molecule has 7 heteroatoms. The average Bonchev–Trinajstić information content (AvgIpc) is 2.45. The molecule has 0 aromatic heterocycles. The Morgan fingerprint density at radius 1 is 1.35 bits per heavy atom. The van der Waals surface area contributed by atoms with Gasteiger partial charge in [-0.25, -0.2) is 0 Å². The molecule has 20 heavy (non-hydrogen) atoms. The molecular formula is C13H18N2O5. The van der Waals surface area contributed by atoms with Gasteiger partial charge in [0.2, 0.25) is 6.54 Å². The first-order valence-corrected chi connectivity index (χ1v) is 6.14. The molecule has 1 aromatic rings. The third-order valence-corrected chi connectivity index (χ3v) is 2.76. The molecule has 7 nitrogen and oxygen atoms in total. The van der Waals surface area contributed by atoms with Crippen molar-refractivity contribution in [1.29, 1.82) is 0 Å². The molecule has 1 rings (SSSR count). The Balaban J connectivity index is 2.65. The number of nitro groups is 1. The zero-order valence-electron chi connectivity index (χ0n) is 11.5. The third-order valence-electron chi connectivity index (χ3n) is 2.76. The van der Waals surface area contributed by atoms with Crippen molar-refractivity contribution >= 4 is 11.7 Å². The van der Waals surface area contributed by atoms with Crippen LogP contribution in [0.1, 0.15) is 12.8 Å².